The molecule has 2 aromatic carbocycles. The van der Waals surface area contributed by atoms with E-state index in [0.29, 0.717) is 24.0 Å². The Labute approximate surface area is 135 Å². The lowest BCUT2D eigenvalue weighted by Gasteiger charge is -2.09. The van der Waals surface area contributed by atoms with Crippen molar-refractivity contribution in [2.24, 2.45) is 5.92 Å². The standard InChI is InChI=1S/C19H18O4/c1-22-12-23-14-6-4-5-13(11-14)9-10-17-18(20)15-7-2-3-8-16(15)19(17)21/h2-8,11,17H,9-10,12H2,1H3. The lowest BCUT2D eigenvalue weighted by atomic mass is 9.95. The van der Waals surface area contributed by atoms with Crippen molar-refractivity contribution in [2.45, 2.75) is 12.8 Å². The van der Waals surface area contributed by atoms with Gasteiger partial charge in [-0.3, -0.25) is 9.59 Å². The molecule has 0 heterocycles. The van der Waals surface area contributed by atoms with E-state index in [4.69, 9.17) is 9.47 Å². The minimum atomic E-state index is -0.559. The minimum absolute atomic E-state index is 0.0580. The molecule has 0 amide bonds. The molecule has 4 nitrogen and oxygen atoms in total. The van der Waals surface area contributed by atoms with E-state index in [1.54, 1.807) is 31.4 Å². The number of methoxy groups -OCH3 is 1. The van der Waals surface area contributed by atoms with Crippen LogP contribution in [0.25, 0.3) is 0 Å². The van der Waals surface area contributed by atoms with Crippen LogP contribution in [0.3, 0.4) is 0 Å². The van der Waals surface area contributed by atoms with Crippen molar-refractivity contribution in [3.05, 3.63) is 65.2 Å². The van der Waals surface area contributed by atoms with Crippen LogP contribution >= 0.6 is 0 Å². The van der Waals surface area contributed by atoms with Gasteiger partial charge in [0.25, 0.3) is 0 Å². The molecule has 3 rings (SSSR count). The Morgan fingerprint density at radius 2 is 1.65 bits per heavy atom. The molecule has 0 radical (unpaired) electrons. The number of carbonyl (C=O) groups is 2. The van der Waals surface area contributed by atoms with Crippen LogP contribution in [0.5, 0.6) is 5.75 Å². The Morgan fingerprint density at radius 3 is 2.30 bits per heavy atom. The first kappa shape index (κ1) is 15.4. The zero-order valence-electron chi connectivity index (χ0n) is 13.0. The van der Waals surface area contributed by atoms with Gasteiger partial charge in [0, 0.05) is 18.2 Å². The molecule has 23 heavy (non-hydrogen) atoms. The van der Waals surface area contributed by atoms with Crippen LogP contribution in [-0.4, -0.2) is 25.5 Å². The predicted octanol–water partition coefficient (Wildman–Crippen LogP) is 3.30. The second-order valence-electron chi connectivity index (χ2n) is 5.56. The summed E-state index contributed by atoms with van der Waals surface area (Å²) in [6, 6.07) is 14.7. The molecule has 1 aliphatic rings. The monoisotopic (exact) mass is 310 g/mol. The molecule has 1 aliphatic carbocycles. The second kappa shape index (κ2) is 6.75. The first-order valence-corrected chi connectivity index (χ1v) is 7.59. The highest BCUT2D eigenvalue weighted by Gasteiger charge is 2.37. The fraction of sp³-hybridized carbons (Fsp3) is 0.263. The number of benzene rings is 2. The van der Waals surface area contributed by atoms with Crippen molar-refractivity contribution in [1.82, 2.24) is 0 Å². The molecule has 0 unspecified atom stereocenters. The molecule has 0 bridgehead atoms. The summed E-state index contributed by atoms with van der Waals surface area (Å²) in [5.41, 5.74) is 2.15. The van der Waals surface area contributed by atoms with Crippen molar-refractivity contribution < 1.29 is 19.1 Å². The number of aryl methyl sites for hydroxylation is 1. The van der Waals surface area contributed by atoms with E-state index in [1.807, 2.05) is 24.3 Å². The van der Waals surface area contributed by atoms with Gasteiger partial charge in [0.15, 0.2) is 18.4 Å². The van der Waals surface area contributed by atoms with Gasteiger partial charge in [-0.1, -0.05) is 36.4 Å². The van der Waals surface area contributed by atoms with Crippen LogP contribution in [-0.2, 0) is 11.2 Å². The van der Waals surface area contributed by atoms with Crippen LogP contribution < -0.4 is 4.74 Å². The van der Waals surface area contributed by atoms with Crippen LogP contribution in [0.4, 0.5) is 0 Å². The van der Waals surface area contributed by atoms with Crippen molar-refractivity contribution in [2.75, 3.05) is 13.9 Å². The van der Waals surface area contributed by atoms with Crippen molar-refractivity contribution in [3.63, 3.8) is 0 Å². The Kier molecular flexibility index (Phi) is 4.53. The van der Waals surface area contributed by atoms with Gasteiger partial charge in [-0.05, 0) is 30.5 Å². The molecule has 0 saturated carbocycles. The molecule has 0 aromatic heterocycles. The smallest absolute Gasteiger partial charge is 0.188 e. The number of carbonyl (C=O) groups excluding carboxylic acids is 2. The number of hydrogen-bond acceptors (Lipinski definition) is 4. The zero-order chi connectivity index (χ0) is 16.2. The zero-order valence-corrected chi connectivity index (χ0v) is 13.0. The normalized spacial score (nSPS) is 14.1. The van der Waals surface area contributed by atoms with E-state index in [2.05, 4.69) is 0 Å². The summed E-state index contributed by atoms with van der Waals surface area (Å²) < 4.78 is 10.3. The molecule has 2 aromatic rings. The summed E-state index contributed by atoms with van der Waals surface area (Å²) in [5.74, 6) is 0.0439. The van der Waals surface area contributed by atoms with E-state index in [0.717, 1.165) is 11.3 Å². The summed E-state index contributed by atoms with van der Waals surface area (Å²) in [6.07, 6.45) is 1.17. The summed E-state index contributed by atoms with van der Waals surface area (Å²) >= 11 is 0. The van der Waals surface area contributed by atoms with Gasteiger partial charge < -0.3 is 9.47 Å². The van der Waals surface area contributed by atoms with Crippen LogP contribution in [0.15, 0.2) is 48.5 Å². The first-order valence-electron chi connectivity index (χ1n) is 7.59. The van der Waals surface area contributed by atoms with Gasteiger partial charge in [0.05, 0.1) is 5.92 Å². The topological polar surface area (TPSA) is 52.6 Å². The largest absolute Gasteiger partial charge is 0.468 e. The number of Topliss-reactive ketones (excluding diaryl/α,β-unsaturated/α-hetero) is 2. The SMILES string of the molecule is COCOc1cccc(CCC2C(=O)c3ccccc3C2=O)c1. The average Bonchev–Trinajstić information content (AvgIpc) is 2.83. The first-order chi connectivity index (χ1) is 11.2. The molecule has 0 fully saturated rings. The third-order valence-electron chi connectivity index (χ3n) is 4.05. The summed E-state index contributed by atoms with van der Waals surface area (Å²) in [4.78, 5) is 24.7. The lowest BCUT2D eigenvalue weighted by molar-refractivity contribution is 0.0511. The molecule has 0 N–H and O–H groups in total. The number of ether oxygens (including phenoxy) is 2. The van der Waals surface area contributed by atoms with Crippen molar-refractivity contribution in [1.29, 1.82) is 0 Å². The fourth-order valence-electron chi connectivity index (χ4n) is 2.90. The average molecular weight is 310 g/mol. The second-order valence-corrected chi connectivity index (χ2v) is 5.56. The predicted molar refractivity (Wildman–Crippen MR) is 85.9 cm³/mol. The van der Waals surface area contributed by atoms with E-state index >= 15 is 0 Å². The highest BCUT2D eigenvalue weighted by Crippen LogP contribution is 2.30. The van der Waals surface area contributed by atoms with E-state index in [1.165, 1.54) is 0 Å². The third-order valence-corrected chi connectivity index (χ3v) is 4.05. The maximum atomic E-state index is 12.4. The minimum Gasteiger partial charge on any atom is -0.468 e. The quantitative estimate of drug-likeness (QED) is 0.607. The Hall–Kier alpha value is -2.46. The summed E-state index contributed by atoms with van der Waals surface area (Å²) in [5, 5.41) is 0. The number of ketones is 2. The maximum absolute atomic E-state index is 12.4. The molecule has 0 aliphatic heterocycles. The third kappa shape index (κ3) is 3.17. The van der Waals surface area contributed by atoms with Gasteiger partial charge in [-0.2, -0.15) is 0 Å². The van der Waals surface area contributed by atoms with Gasteiger partial charge in [0.1, 0.15) is 5.75 Å². The van der Waals surface area contributed by atoms with Crippen LogP contribution in [0.2, 0.25) is 0 Å². The highest BCUT2D eigenvalue weighted by molar-refractivity contribution is 6.26. The maximum Gasteiger partial charge on any atom is 0.188 e. The number of hydrogen-bond donors (Lipinski definition) is 0. The van der Waals surface area contributed by atoms with Gasteiger partial charge in [0.2, 0.25) is 0 Å². The molecule has 0 saturated heterocycles. The highest BCUT2D eigenvalue weighted by atomic mass is 16.7. The van der Waals surface area contributed by atoms with E-state index < -0.39 is 5.92 Å². The van der Waals surface area contributed by atoms with E-state index in [-0.39, 0.29) is 18.4 Å². The van der Waals surface area contributed by atoms with Gasteiger partial charge in [-0.25, -0.2) is 0 Å². The molecule has 0 atom stereocenters. The molecule has 118 valence electrons. The van der Waals surface area contributed by atoms with Gasteiger partial charge >= 0.3 is 0 Å². The Bertz CT molecular complexity index is 701. The molecule has 4 heteroatoms. The van der Waals surface area contributed by atoms with E-state index in [9.17, 15) is 9.59 Å². The van der Waals surface area contributed by atoms with Crippen LogP contribution in [0.1, 0.15) is 32.7 Å². The number of fused-ring (bicyclic) bond motifs is 1. The molecular formula is C19H18O4. The fourth-order valence-corrected chi connectivity index (χ4v) is 2.90. The Morgan fingerprint density at radius 1 is 0.957 bits per heavy atom. The van der Waals surface area contributed by atoms with Gasteiger partial charge in [-0.15, -0.1) is 0 Å². The van der Waals surface area contributed by atoms with Crippen molar-refractivity contribution in [3.8, 4) is 5.75 Å². The van der Waals surface area contributed by atoms with Crippen molar-refractivity contribution >= 4 is 11.6 Å². The Balaban J connectivity index is 1.68. The molecular weight excluding hydrogens is 292 g/mol. The van der Waals surface area contributed by atoms with Crippen LogP contribution in [0, 0.1) is 5.92 Å². The molecule has 0 spiro atoms. The summed E-state index contributed by atoms with van der Waals surface area (Å²) in [7, 11) is 1.57. The lowest BCUT2D eigenvalue weighted by Crippen LogP contribution is -2.16. The summed E-state index contributed by atoms with van der Waals surface area (Å²) in [6.45, 7) is 0.193. The number of rotatable bonds is 6.